The Morgan fingerprint density at radius 2 is 2.16 bits per heavy atom. The third-order valence-electron chi connectivity index (χ3n) is 2.62. The molecule has 1 aliphatic rings. The number of carbonyl (C=O) groups is 2. The van der Waals surface area contributed by atoms with E-state index >= 15 is 0 Å². The number of amides is 2. The molecular weight excluding hydrogens is 296 g/mol. The predicted octanol–water partition coefficient (Wildman–Crippen LogP) is -1.44. The highest BCUT2D eigenvalue weighted by Crippen LogP contribution is 2.20. The molecule has 0 spiro atoms. The molecule has 19 heavy (non-hydrogen) atoms. The van der Waals surface area contributed by atoms with Crippen molar-refractivity contribution in [3.8, 4) is 0 Å². The number of urea groups is 1. The van der Waals surface area contributed by atoms with E-state index in [0.717, 1.165) is 11.2 Å². The van der Waals surface area contributed by atoms with Crippen molar-refractivity contribution in [3.63, 3.8) is 0 Å². The summed E-state index contributed by atoms with van der Waals surface area (Å²) in [5.74, 6) is -0.544. The van der Waals surface area contributed by atoms with Gasteiger partial charge >= 0.3 is 12.0 Å². The largest absolute Gasteiger partial charge is 0.480 e. The average Bonchev–Trinajstić information content (AvgIpc) is 2.34. The summed E-state index contributed by atoms with van der Waals surface area (Å²) in [6, 6.07) is -2.24. The molecule has 2 amide bonds. The molecule has 3 N–H and O–H groups in total. The lowest BCUT2D eigenvalue weighted by molar-refractivity contribution is -0.140. The van der Waals surface area contributed by atoms with Gasteiger partial charge in [0.05, 0.1) is 6.61 Å². The minimum absolute atomic E-state index is 0.214. The molecule has 0 aromatic heterocycles. The van der Waals surface area contributed by atoms with E-state index in [-0.39, 0.29) is 12.3 Å². The summed E-state index contributed by atoms with van der Waals surface area (Å²) in [5.41, 5.74) is 0. The average molecular weight is 312 g/mol. The van der Waals surface area contributed by atoms with Crippen molar-refractivity contribution < 1.29 is 28.2 Å². The number of sulfone groups is 1. The molecule has 10 heteroatoms. The Kier molecular flexibility index (Phi) is 5.44. The number of carboxylic acids is 1. The second kappa shape index (κ2) is 6.44. The SMILES string of the molecule is CS(=O)(=O)C1CSCCN1C(=O)N[C@@H](CO)C(=O)O. The van der Waals surface area contributed by atoms with Gasteiger partial charge in [0.2, 0.25) is 0 Å². The van der Waals surface area contributed by atoms with Crippen LogP contribution in [0.1, 0.15) is 0 Å². The van der Waals surface area contributed by atoms with Crippen molar-refractivity contribution in [1.82, 2.24) is 10.2 Å². The van der Waals surface area contributed by atoms with Gasteiger partial charge in [0.25, 0.3) is 0 Å². The number of aliphatic hydroxyl groups excluding tert-OH is 1. The number of carboxylic acid groups (broad SMARTS) is 1. The van der Waals surface area contributed by atoms with Crippen molar-refractivity contribution >= 4 is 33.6 Å². The highest BCUT2D eigenvalue weighted by molar-refractivity contribution is 8.00. The van der Waals surface area contributed by atoms with Crippen molar-refractivity contribution in [3.05, 3.63) is 0 Å². The van der Waals surface area contributed by atoms with Crippen LogP contribution in [0.25, 0.3) is 0 Å². The van der Waals surface area contributed by atoms with E-state index in [2.05, 4.69) is 5.32 Å². The smallest absolute Gasteiger partial charge is 0.328 e. The van der Waals surface area contributed by atoms with Gasteiger partial charge in [0.15, 0.2) is 15.9 Å². The molecular formula is C9H16N2O6S2. The zero-order valence-corrected chi connectivity index (χ0v) is 11.9. The van der Waals surface area contributed by atoms with Crippen molar-refractivity contribution in [1.29, 1.82) is 0 Å². The van der Waals surface area contributed by atoms with Crippen molar-refractivity contribution in [2.75, 3.05) is 30.9 Å². The fourth-order valence-electron chi connectivity index (χ4n) is 1.59. The van der Waals surface area contributed by atoms with Gasteiger partial charge in [-0.3, -0.25) is 0 Å². The fraction of sp³-hybridized carbons (Fsp3) is 0.778. The highest BCUT2D eigenvalue weighted by Gasteiger charge is 2.35. The summed E-state index contributed by atoms with van der Waals surface area (Å²) in [4.78, 5) is 23.7. The Bertz CT molecular complexity index is 452. The summed E-state index contributed by atoms with van der Waals surface area (Å²) in [6.45, 7) is -0.542. The molecule has 110 valence electrons. The molecule has 0 bridgehead atoms. The third-order valence-corrected chi connectivity index (χ3v) is 5.26. The van der Waals surface area contributed by atoms with Crippen LogP contribution in [0.15, 0.2) is 0 Å². The topological polar surface area (TPSA) is 124 Å². The molecule has 0 radical (unpaired) electrons. The number of nitrogens with one attached hydrogen (secondary N) is 1. The summed E-state index contributed by atoms with van der Waals surface area (Å²) in [5, 5.41) is 18.7. The van der Waals surface area contributed by atoms with Gasteiger partial charge in [-0.15, -0.1) is 0 Å². The van der Waals surface area contributed by atoms with Gasteiger partial charge in [-0.05, 0) is 0 Å². The minimum Gasteiger partial charge on any atom is -0.480 e. The van der Waals surface area contributed by atoms with Crippen LogP contribution >= 0.6 is 11.8 Å². The van der Waals surface area contributed by atoms with Crippen molar-refractivity contribution in [2.24, 2.45) is 0 Å². The van der Waals surface area contributed by atoms with Crippen LogP contribution in [-0.4, -0.2) is 77.9 Å². The summed E-state index contributed by atoms with van der Waals surface area (Å²) in [6.07, 6.45) is 1.03. The number of aliphatic carboxylic acids is 1. The van der Waals surface area contributed by atoms with Crippen LogP contribution in [0.3, 0.4) is 0 Å². The Morgan fingerprint density at radius 3 is 2.63 bits per heavy atom. The lowest BCUT2D eigenvalue weighted by Crippen LogP contribution is -2.56. The van der Waals surface area contributed by atoms with Crippen LogP contribution in [0, 0.1) is 0 Å². The maximum atomic E-state index is 11.9. The molecule has 0 aliphatic carbocycles. The number of hydrogen-bond acceptors (Lipinski definition) is 6. The standard InChI is InChI=1S/C9H16N2O6S2/c1-19(16,17)7-5-18-3-2-11(7)9(15)10-6(4-12)8(13)14/h6-7,12H,2-5H2,1H3,(H,10,15)(H,13,14)/t6-,7?/m0/s1. The molecule has 1 saturated heterocycles. The fourth-order valence-corrected chi connectivity index (χ4v) is 4.40. The van der Waals surface area contributed by atoms with E-state index in [1.807, 2.05) is 0 Å². The summed E-state index contributed by atoms with van der Waals surface area (Å²) in [7, 11) is -3.45. The molecule has 1 fully saturated rings. The van der Waals surface area contributed by atoms with Gasteiger partial charge in [0.1, 0.15) is 5.37 Å². The van der Waals surface area contributed by atoms with E-state index in [1.165, 1.54) is 11.8 Å². The van der Waals surface area contributed by atoms with E-state index in [1.54, 1.807) is 0 Å². The van der Waals surface area contributed by atoms with E-state index < -0.39 is 39.9 Å². The molecule has 1 heterocycles. The Hall–Kier alpha value is -1.00. The second-order valence-corrected chi connectivity index (χ2v) is 7.43. The summed E-state index contributed by atoms with van der Waals surface area (Å²) >= 11 is 1.42. The van der Waals surface area contributed by atoms with Gasteiger partial charge < -0.3 is 20.4 Å². The maximum absolute atomic E-state index is 11.9. The predicted molar refractivity (Wildman–Crippen MR) is 69.7 cm³/mol. The number of thioether (sulfide) groups is 1. The first kappa shape index (κ1) is 16.1. The van der Waals surface area contributed by atoms with Gasteiger partial charge in [0, 0.05) is 24.3 Å². The van der Waals surface area contributed by atoms with E-state index in [4.69, 9.17) is 10.2 Å². The zero-order valence-electron chi connectivity index (χ0n) is 10.3. The first-order valence-electron chi connectivity index (χ1n) is 5.44. The summed E-state index contributed by atoms with van der Waals surface area (Å²) < 4.78 is 23.2. The van der Waals surface area contributed by atoms with Crippen LogP contribution in [0.2, 0.25) is 0 Å². The van der Waals surface area contributed by atoms with Crippen molar-refractivity contribution in [2.45, 2.75) is 11.4 Å². The molecule has 1 unspecified atom stereocenters. The monoisotopic (exact) mass is 312 g/mol. The minimum atomic E-state index is -3.45. The molecule has 0 saturated carbocycles. The number of hydrogen-bond donors (Lipinski definition) is 3. The Balaban J connectivity index is 2.81. The Labute approximate surface area is 115 Å². The van der Waals surface area contributed by atoms with Crippen LogP contribution in [0.5, 0.6) is 0 Å². The van der Waals surface area contributed by atoms with E-state index in [9.17, 15) is 18.0 Å². The second-order valence-electron chi connectivity index (χ2n) is 4.08. The highest BCUT2D eigenvalue weighted by atomic mass is 32.2. The quantitative estimate of drug-likeness (QED) is 0.581. The van der Waals surface area contributed by atoms with Gasteiger partial charge in [-0.25, -0.2) is 18.0 Å². The Morgan fingerprint density at radius 1 is 1.53 bits per heavy atom. The van der Waals surface area contributed by atoms with Crippen LogP contribution in [-0.2, 0) is 14.6 Å². The number of carbonyl (C=O) groups excluding carboxylic acids is 1. The molecule has 8 nitrogen and oxygen atoms in total. The number of aliphatic hydroxyl groups is 1. The maximum Gasteiger partial charge on any atom is 0.328 e. The van der Waals surface area contributed by atoms with Crippen LogP contribution < -0.4 is 5.32 Å². The van der Waals surface area contributed by atoms with Gasteiger partial charge in [-0.2, -0.15) is 11.8 Å². The molecule has 0 aromatic carbocycles. The molecule has 2 atom stereocenters. The van der Waals surface area contributed by atoms with E-state index in [0.29, 0.717) is 5.75 Å². The lowest BCUT2D eigenvalue weighted by Gasteiger charge is -2.34. The first-order valence-corrected chi connectivity index (χ1v) is 8.55. The number of nitrogens with zero attached hydrogens (tertiary/aromatic N) is 1. The third kappa shape index (κ3) is 4.25. The normalized spacial score (nSPS) is 21.8. The zero-order chi connectivity index (χ0) is 14.6. The van der Waals surface area contributed by atoms with Crippen LogP contribution in [0.4, 0.5) is 4.79 Å². The molecule has 0 aromatic rings. The molecule has 1 rings (SSSR count). The number of rotatable bonds is 4. The first-order chi connectivity index (χ1) is 8.77. The lowest BCUT2D eigenvalue weighted by atomic mass is 10.3. The van der Waals surface area contributed by atoms with Gasteiger partial charge in [-0.1, -0.05) is 0 Å². The molecule has 1 aliphatic heterocycles.